The van der Waals surface area contributed by atoms with Crippen molar-refractivity contribution in [1.29, 1.82) is 0 Å². The van der Waals surface area contributed by atoms with Crippen LogP contribution in [0.15, 0.2) is 35.2 Å². The third-order valence-electron chi connectivity index (χ3n) is 5.64. The van der Waals surface area contributed by atoms with E-state index in [9.17, 15) is 21.6 Å². The summed E-state index contributed by atoms with van der Waals surface area (Å²) in [6.07, 6.45) is 1.30. The van der Waals surface area contributed by atoms with Crippen LogP contribution >= 0.6 is 11.6 Å². The van der Waals surface area contributed by atoms with Crippen molar-refractivity contribution in [3.8, 4) is 11.5 Å². The third-order valence-corrected chi connectivity index (χ3v) is 7.32. The first kappa shape index (κ1) is 23.2. The summed E-state index contributed by atoms with van der Waals surface area (Å²) in [7, 11) is -4.29. The molecule has 32 heavy (non-hydrogen) atoms. The zero-order valence-corrected chi connectivity index (χ0v) is 18.6. The summed E-state index contributed by atoms with van der Waals surface area (Å²) in [4.78, 5) is 1.31. The minimum absolute atomic E-state index is 0.0393. The number of nitrogens with one attached hydrogen (secondary N) is 1. The normalized spacial score (nSPS) is 19.8. The van der Waals surface area contributed by atoms with Crippen molar-refractivity contribution < 1.29 is 31.1 Å². The van der Waals surface area contributed by atoms with Gasteiger partial charge in [-0.05, 0) is 56.1 Å². The van der Waals surface area contributed by atoms with Gasteiger partial charge in [-0.25, -0.2) is 26.3 Å². The molecule has 0 radical (unpaired) electrons. The van der Waals surface area contributed by atoms with Crippen molar-refractivity contribution in [2.75, 3.05) is 32.8 Å². The maximum absolute atomic E-state index is 13.8. The molecule has 1 N–H and O–H groups in total. The number of hydrogen-bond acceptors (Lipinski definition) is 5. The van der Waals surface area contributed by atoms with E-state index >= 15 is 0 Å². The van der Waals surface area contributed by atoms with Crippen LogP contribution in [0, 0.1) is 23.4 Å². The number of hydrogen-bond donors (Lipinski definition) is 1. The van der Waals surface area contributed by atoms with Gasteiger partial charge >= 0.3 is 0 Å². The molecule has 4 rings (SSSR count). The Hall–Kier alpha value is -2.01. The molecule has 1 saturated heterocycles. The summed E-state index contributed by atoms with van der Waals surface area (Å²) >= 11 is 6.01. The highest BCUT2D eigenvalue weighted by Crippen LogP contribution is 2.34. The van der Waals surface area contributed by atoms with Crippen LogP contribution < -0.4 is 14.2 Å². The Labute approximate surface area is 189 Å². The summed E-state index contributed by atoms with van der Waals surface area (Å²) in [6, 6.07) is 6.54. The quantitative estimate of drug-likeness (QED) is 0.627. The number of rotatable bonds is 6. The van der Waals surface area contributed by atoms with Crippen LogP contribution in [-0.4, -0.2) is 52.2 Å². The molecule has 2 aromatic carbocycles. The van der Waals surface area contributed by atoms with Gasteiger partial charge in [0, 0.05) is 24.2 Å². The average molecular weight is 491 g/mol. The van der Waals surface area contributed by atoms with E-state index in [4.69, 9.17) is 21.1 Å². The number of halogens is 4. The molecular weight excluding hydrogens is 469 g/mol. The molecule has 1 atom stereocenters. The molecule has 0 saturated carbocycles. The fraction of sp³-hybridized carbons (Fsp3) is 0.429. The first-order valence-corrected chi connectivity index (χ1v) is 12.0. The lowest BCUT2D eigenvalue weighted by Gasteiger charge is -2.35. The second kappa shape index (κ2) is 9.46. The van der Waals surface area contributed by atoms with E-state index < -0.39 is 32.4 Å². The first-order chi connectivity index (χ1) is 15.2. The van der Waals surface area contributed by atoms with Crippen LogP contribution in [0.2, 0.25) is 5.02 Å². The minimum atomic E-state index is -4.29. The highest BCUT2D eigenvalue weighted by Gasteiger charge is 2.28. The van der Waals surface area contributed by atoms with Crippen LogP contribution in [0.25, 0.3) is 0 Å². The predicted octanol–water partition coefficient (Wildman–Crippen LogP) is 3.59. The Morgan fingerprint density at radius 1 is 1.06 bits per heavy atom. The van der Waals surface area contributed by atoms with Crippen LogP contribution in [-0.2, 0) is 10.0 Å². The standard InChI is InChI=1S/C21H22ClF3N2O4S/c22-14-1-3-17-18(9-14)31-15(12-30-17)11-27-7-5-13(6-8-27)10-26-32(28,29)19-4-2-16(23)20(24)21(19)25/h1-4,9,13,15,26H,5-8,10-12H2. The van der Waals surface area contributed by atoms with Crippen molar-refractivity contribution in [2.45, 2.75) is 23.8 Å². The highest BCUT2D eigenvalue weighted by molar-refractivity contribution is 7.89. The molecule has 2 aliphatic rings. The summed E-state index contributed by atoms with van der Waals surface area (Å²) in [5.74, 6) is -3.65. The van der Waals surface area contributed by atoms with Gasteiger partial charge in [-0.1, -0.05) is 11.6 Å². The Balaban J connectivity index is 1.26. The summed E-state index contributed by atoms with van der Waals surface area (Å²) in [5.41, 5.74) is 0. The molecule has 11 heteroatoms. The molecule has 0 bridgehead atoms. The van der Waals surface area contributed by atoms with Crippen molar-refractivity contribution in [2.24, 2.45) is 5.92 Å². The monoisotopic (exact) mass is 490 g/mol. The lowest BCUT2D eigenvalue weighted by Crippen LogP contribution is -2.45. The fourth-order valence-corrected chi connectivity index (χ4v) is 5.21. The molecule has 2 heterocycles. The van der Waals surface area contributed by atoms with Crippen molar-refractivity contribution in [3.05, 3.63) is 52.8 Å². The van der Waals surface area contributed by atoms with E-state index in [0.717, 1.165) is 32.0 Å². The third kappa shape index (κ3) is 5.14. The maximum Gasteiger partial charge on any atom is 0.243 e. The number of piperidine rings is 1. The lowest BCUT2D eigenvalue weighted by atomic mass is 9.97. The molecular formula is C21H22ClF3N2O4S. The topological polar surface area (TPSA) is 67.9 Å². The first-order valence-electron chi connectivity index (χ1n) is 10.2. The second-order valence-corrected chi connectivity index (χ2v) is 10.1. The SMILES string of the molecule is O=S(=O)(NCC1CCN(CC2COc3ccc(Cl)cc3O2)CC1)c1ccc(F)c(F)c1F. The molecule has 0 aromatic heterocycles. The van der Waals surface area contributed by atoms with Crippen molar-refractivity contribution >= 4 is 21.6 Å². The van der Waals surface area contributed by atoms with Crippen LogP contribution in [0.3, 0.4) is 0 Å². The Bertz CT molecular complexity index is 1090. The molecule has 174 valence electrons. The van der Waals surface area contributed by atoms with Gasteiger partial charge in [-0.2, -0.15) is 0 Å². The van der Waals surface area contributed by atoms with E-state index in [1.807, 2.05) is 0 Å². The number of benzene rings is 2. The number of ether oxygens (including phenoxy) is 2. The van der Waals surface area contributed by atoms with Gasteiger partial charge in [0.15, 0.2) is 29.0 Å². The van der Waals surface area contributed by atoms with E-state index in [1.165, 1.54) is 0 Å². The lowest BCUT2D eigenvalue weighted by molar-refractivity contribution is 0.0481. The minimum Gasteiger partial charge on any atom is -0.486 e. The fourth-order valence-electron chi connectivity index (χ4n) is 3.86. The van der Waals surface area contributed by atoms with Gasteiger partial charge in [-0.15, -0.1) is 0 Å². The zero-order chi connectivity index (χ0) is 22.9. The predicted molar refractivity (Wildman–Crippen MR) is 112 cm³/mol. The van der Waals surface area contributed by atoms with Gasteiger partial charge < -0.3 is 9.47 Å². The summed E-state index contributed by atoms with van der Waals surface area (Å²) in [6.45, 7) is 2.63. The largest absolute Gasteiger partial charge is 0.486 e. The highest BCUT2D eigenvalue weighted by atomic mass is 35.5. The molecule has 1 unspecified atom stereocenters. The Kier molecular flexibility index (Phi) is 6.85. The molecule has 2 aliphatic heterocycles. The van der Waals surface area contributed by atoms with Gasteiger partial charge in [0.2, 0.25) is 10.0 Å². The van der Waals surface area contributed by atoms with Crippen molar-refractivity contribution in [3.63, 3.8) is 0 Å². The second-order valence-electron chi connectivity index (χ2n) is 7.91. The van der Waals surface area contributed by atoms with Gasteiger partial charge in [0.1, 0.15) is 17.6 Å². The van der Waals surface area contributed by atoms with E-state index in [2.05, 4.69) is 9.62 Å². The van der Waals surface area contributed by atoms with E-state index in [1.54, 1.807) is 18.2 Å². The molecule has 1 fully saturated rings. The molecule has 6 nitrogen and oxygen atoms in total. The number of fused-ring (bicyclic) bond motifs is 1. The maximum atomic E-state index is 13.8. The van der Waals surface area contributed by atoms with Crippen LogP contribution in [0.5, 0.6) is 11.5 Å². The summed E-state index contributed by atoms with van der Waals surface area (Å²) in [5, 5.41) is 0.569. The van der Waals surface area contributed by atoms with E-state index in [-0.39, 0.29) is 18.6 Å². The van der Waals surface area contributed by atoms with Gasteiger partial charge in [-0.3, -0.25) is 4.90 Å². The number of sulfonamides is 1. The smallest absolute Gasteiger partial charge is 0.243 e. The van der Waals surface area contributed by atoms with Gasteiger partial charge in [0.25, 0.3) is 0 Å². The number of likely N-dealkylation sites (tertiary alicyclic amines) is 1. The summed E-state index contributed by atoms with van der Waals surface area (Å²) < 4.78 is 78.9. The van der Waals surface area contributed by atoms with Crippen LogP contribution in [0.1, 0.15) is 12.8 Å². The van der Waals surface area contributed by atoms with Crippen LogP contribution in [0.4, 0.5) is 13.2 Å². The van der Waals surface area contributed by atoms with Gasteiger partial charge in [0.05, 0.1) is 0 Å². The Morgan fingerprint density at radius 2 is 1.81 bits per heavy atom. The molecule has 0 spiro atoms. The molecule has 2 aromatic rings. The van der Waals surface area contributed by atoms with Crippen molar-refractivity contribution in [1.82, 2.24) is 9.62 Å². The molecule has 0 aliphatic carbocycles. The Morgan fingerprint density at radius 3 is 2.56 bits per heavy atom. The zero-order valence-electron chi connectivity index (χ0n) is 17.0. The average Bonchev–Trinajstić information content (AvgIpc) is 2.76. The number of nitrogens with zero attached hydrogens (tertiary/aromatic N) is 1. The van der Waals surface area contributed by atoms with E-state index in [0.29, 0.717) is 35.7 Å². The molecule has 0 amide bonds.